The summed E-state index contributed by atoms with van der Waals surface area (Å²) in [5.41, 5.74) is 16.4. The van der Waals surface area contributed by atoms with Gasteiger partial charge in [0.25, 0.3) is 0 Å². The molecule has 38 heavy (non-hydrogen) atoms. The van der Waals surface area contributed by atoms with Gasteiger partial charge in [-0.3, -0.25) is 24.0 Å². The maximum Gasteiger partial charge on any atom is 0.326 e. The maximum atomic E-state index is 13.0. The second kappa shape index (κ2) is 16.1. The summed E-state index contributed by atoms with van der Waals surface area (Å²) >= 11 is 1.38. The Morgan fingerprint density at radius 1 is 0.842 bits per heavy atom. The minimum absolute atomic E-state index is 0.00179. The molecule has 0 heterocycles. The normalized spacial score (nSPS) is 13.8. The molecule has 1 aromatic rings. The molecule has 0 bridgehead atoms. The maximum absolute atomic E-state index is 13.0. The van der Waals surface area contributed by atoms with E-state index in [1.165, 1.54) is 36.0 Å². The Balaban J connectivity index is 3.02. The van der Waals surface area contributed by atoms with Crippen LogP contribution in [0.5, 0.6) is 5.75 Å². The van der Waals surface area contributed by atoms with Crippen LogP contribution in [0, 0.1) is 0 Å². The molecular weight excluding hydrogens is 520 g/mol. The number of amides is 5. The summed E-state index contributed by atoms with van der Waals surface area (Å²) in [6, 6.07) is 0.607. The van der Waals surface area contributed by atoms with Gasteiger partial charge in [0, 0.05) is 12.8 Å². The highest BCUT2D eigenvalue weighted by Crippen LogP contribution is 2.12. The first-order valence-electron chi connectivity index (χ1n) is 11.6. The fourth-order valence-electron chi connectivity index (χ4n) is 3.26. The molecule has 0 radical (unpaired) electrons. The number of nitrogens with two attached hydrogens (primary N) is 3. The van der Waals surface area contributed by atoms with Crippen LogP contribution in [0.4, 0.5) is 0 Å². The van der Waals surface area contributed by atoms with Crippen molar-refractivity contribution in [3.8, 4) is 5.75 Å². The van der Waals surface area contributed by atoms with E-state index in [0.717, 1.165) is 0 Å². The second-order valence-electron chi connectivity index (χ2n) is 8.46. The molecule has 0 saturated carbocycles. The lowest BCUT2D eigenvalue weighted by atomic mass is 10.0. The number of carbonyl (C=O) groups is 6. The molecule has 0 unspecified atom stereocenters. The molecule has 0 aliphatic heterocycles. The second-order valence-corrected chi connectivity index (χ2v) is 9.44. The predicted octanol–water partition coefficient (Wildman–Crippen LogP) is -2.30. The molecule has 0 saturated heterocycles. The third-order valence-corrected chi connectivity index (χ3v) is 5.95. The van der Waals surface area contributed by atoms with Gasteiger partial charge in [0.1, 0.15) is 23.9 Å². The number of carboxylic acids is 1. The van der Waals surface area contributed by atoms with Crippen molar-refractivity contribution < 1.29 is 39.0 Å². The summed E-state index contributed by atoms with van der Waals surface area (Å²) < 4.78 is 0. The summed E-state index contributed by atoms with van der Waals surface area (Å²) in [6.45, 7) is 0. The molecule has 0 aliphatic rings. The number of benzene rings is 1. The van der Waals surface area contributed by atoms with E-state index in [1.807, 2.05) is 0 Å². The number of hydrogen-bond acceptors (Lipinski definition) is 9. The van der Waals surface area contributed by atoms with Gasteiger partial charge in [-0.15, -0.1) is 0 Å². The lowest BCUT2D eigenvalue weighted by Crippen LogP contribution is -2.57. The molecule has 14 nitrogen and oxygen atoms in total. The van der Waals surface area contributed by atoms with Gasteiger partial charge in [-0.1, -0.05) is 12.1 Å². The average molecular weight is 555 g/mol. The quantitative estimate of drug-likeness (QED) is 0.102. The number of phenolic OH excluding ortho intramolecular Hbond substituents is 1. The highest BCUT2D eigenvalue weighted by atomic mass is 32.2. The fourth-order valence-corrected chi connectivity index (χ4v) is 3.73. The number of carboxylic acid groups (broad SMARTS) is 1. The first kappa shape index (κ1) is 32.2. The highest BCUT2D eigenvalue weighted by Gasteiger charge is 2.30. The Morgan fingerprint density at radius 3 is 1.87 bits per heavy atom. The van der Waals surface area contributed by atoms with Crippen LogP contribution in [-0.4, -0.2) is 81.9 Å². The van der Waals surface area contributed by atoms with Gasteiger partial charge < -0.3 is 43.4 Å². The van der Waals surface area contributed by atoms with E-state index in [2.05, 4.69) is 16.0 Å². The molecule has 0 aromatic heterocycles. The van der Waals surface area contributed by atoms with Crippen molar-refractivity contribution in [1.29, 1.82) is 0 Å². The van der Waals surface area contributed by atoms with Crippen molar-refractivity contribution >= 4 is 47.3 Å². The van der Waals surface area contributed by atoms with Crippen molar-refractivity contribution in [3.63, 3.8) is 0 Å². The minimum atomic E-state index is -1.34. The summed E-state index contributed by atoms with van der Waals surface area (Å²) in [5.74, 6) is -4.95. The first-order chi connectivity index (χ1) is 17.8. The number of rotatable bonds is 17. The molecule has 1 rings (SSSR count). The molecule has 210 valence electrons. The Bertz CT molecular complexity index is 1010. The monoisotopic (exact) mass is 554 g/mol. The van der Waals surface area contributed by atoms with Crippen molar-refractivity contribution in [3.05, 3.63) is 29.8 Å². The summed E-state index contributed by atoms with van der Waals surface area (Å²) in [7, 11) is 0. The summed E-state index contributed by atoms with van der Waals surface area (Å²) in [6.07, 6.45) is 0.843. The van der Waals surface area contributed by atoms with Crippen molar-refractivity contribution in [2.75, 3.05) is 12.0 Å². The van der Waals surface area contributed by atoms with Gasteiger partial charge in [0.15, 0.2) is 0 Å². The van der Waals surface area contributed by atoms with E-state index < -0.39 is 66.1 Å². The highest BCUT2D eigenvalue weighted by molar-refractivity contribution is 7.98. The largest absolute Gasteiger partial charge is 0.508 e. The molecule has 1 aromatic carbocycles. The molecule has 0 spiro atoms. The molecular formula is C23H34N6O8S. The SMILES string of the molecule is CSCC[C@H](NC(=O)[C@H](CCC(N)=O)NC(=O)[C@@H](N)CC(N)=O)C(=O)N[C@@H](Cc1ccc(O)cc1)C(=O)O. The lowest BCUT2D eigenvalue weighted by molar-refractivity contribution is -0.142. The number of hydrogen-bond donors (Lipinski definition) is 8. The Kier molecular flexibility index (Phi) is 13.6. The van der Waals surface area contributed by atoms with Crippen LogP contribution < -0.4 is 33.2 Å². The van der Waals surface area contributed by atoms with Crippen LogP contribution in [0.1, 0.15) is 31.2 Å². The van der Waals surface area contributed by atoms with Crippen LogP contribution in [0.25, 0.3) is 0 Å². The first-order valence-corrected chi connectivity index (χ1v) is 13.0. The van der Waals surface area contributed by atoms with Crippen LogP contribution in [0.3, 0.4) is 0 Å². The average Bonchev–Trinajstić information content (AvgIpc) is 2.84. The van der Waals surface area contributed by atoms with Crippen LogP contribution in [0.2, 0.25) is 0 Å². The van der Waals surface area contributed by atoms with E-state index in [-0.39, 0.29) is 31.4 Å². The number of thioether (sulfide) groups is 1. The standard InChI is InChI=1S/C23H34N6O8S/c1-38-9-8-16(22(35)29-17(23(36)37)10-12-2-4-13(30)5-3-12)28-21(34)15(6-7-18(25)31)27-20(33)14(24)11-19(26)32/h2-5,14-17,30H,6-11,24H2,1H3,(H2,25,31)(H2,26,32)(H,27,33)(H,28,34)(H,29,35)(H,36,37)/t14-,15-,16-,17-/m0/s1. The smallest absolute Gasteiger partial charge is 0.326 e. The van der Waals surface area contributed by atoms with Crippen LogP contribution in [0.15, 0.2) is 24.3 Å². The zero-order valence-corrected chi connectivity index (χ0v) is 21.7. The molecule has 11 N–H and O–H groups in total. The third-order valence-electron chi connectivity index (χ3n) is 5.30. The lowest BCUT2D eigenvalue weighted by Gasteiger charge is -2.25. The number of nitrogens with one attached hydrogen (secondary N) is 3. The van der Waals surface area contributed by atoms with Gasteiger partial charge in [-0.2, -0.15) is 11.8 Å². The van der Waals surface area contributed by atoms with Crippen molar-refractivity contribution in [2.24, 2.45) is 17.2 Å². The number of phenols is 1. The topological polar surface area (TPSA) is 257 Å². The Morgan fingerprint density at radius 2 is 1.37 bits per heavy atom. The number of carbonyl (C=O) groups excluding carboxylic acids is 5. The zero-order valence-electron chi connectivity index (χ0n) is 20.8. The van der Waals surface area contributed by atoms with E-state index in [0.29, 0.717) is 11.3 Å². The molecule has 0 fully saturated rings. The van der Waals surface area contributed by atoms with E-state index in [9.17, 15) is 39.0 Å². The summed E-state index contributed by atoms with van der Waals surface area (Å²) in [5, 5.41) is 26.2. The minimum Gasteiger partial charge on any atom is -0.508 e. The van der Waals surface area contributed by atoms with E-state index in [1.54, 1.807) is 6.26 Å². The van der Waals surface area contributed by atoms with Crippen molar-refractivity contribution in [2.45, 2.75) is 56.3 Å². The van der Waals surface area contributed by atoms with Gasteiger partial charge in [0.05, 0.1) is 12.5 Å². The van der Waals surface area contributed by atoms with E-state index in [4.69, 9.17) is 17.2 Å². The van der Waals surface area contributed by atoms with Crippen LogP contribution in [-0.2, 0) is 35.2 Å². The van der Waals surface area contributed by atoms with Crippen molar-refractivity contribution in [1.82, 2.24) is 16.0 Å². The third kappa shape index (κ3) is 11.9. The Hall–Kier alpha value is -3.85. The van der Waals surface area contributed by atoms with E-state index >= 15 is 0 Å². The number of aliphatic carboxylic acids is 1. The van der Waals surface area contributed by atoms with Crippen LogP contribution >= 0.6 is 11.8 Å². The summed E-state index contributed by atoms with van der Waals surface area (Å²) in [4.78, 5) is 72.5. The molecule has 4 atom stereocenters. The van der Waals surface area contributed by atoms with Gasteiger partial charge in [0.2, 0.25) is 29.5 Å². The Labute approximate surface area is 223 Å². The molecule has 15 heteroatoms. The zero-order chi connectivity index (χ0) is 28.8. The number of primary amides is 2. The van der Waals surface area contributed by atoms with Gasteiger partial charge in [-0.05, 0) is 42.5 Å². The number of aromatic hydroxyl groups is 1. The van der Waals surface area contributed by atoms with Gasteiger partial charge >= 0.3 is 5.97 Å². The van der Waals surface area contributed by atoms with Gasteiger partial charge in [-0.25, -0.2) is 4.79 Å². The fraction of sp³-hybridized carbons (Fsp3) is 0.478. The molecule has 0 aliphatic carbocycles. The molecule has 5 amide bonds. The predicted molar refractivity (Wildman–Crippen MR) is 138 cm³/mol.